The Hall–Kier alpha value is -3.73. The second-order valence-electron chi connectivity index (χ2n) is 6.51. The van der Waals surface area contributed by atoms with Crippen molar-refractivity contribution in [1.82, 2.24) is 14.9 Å². The number of benzene rings is 3. The van der Waals surface area contributed by atoms with Crippen LogP contribution in [0.15, 0.2) is 78.9 Å². The van der Waals surface area contributed by atoms with Gasteiger partial charge in [0.25, 0.3) is 5.91 Å². The molecule has 0 aliphatic heterocycles. The third kappa shape index (κ3) is 3.42. The molecule has 4 aromatic rings. The third-order valence-electron chi connectivity index (χ3n) is 4.60. The number of hydrogen-bond acceptors (Lipinski definition) is 3. The van der Waals surface area contributed by atoms with E-state index in [1.807, 2.05) is 49.4 Å². The molecule has 0 radical (unpaired) electrons. The number of Topliss-reactive ketones (excluding diaryl/α,β-unsaturated/α-hetero) is 1. The molecule has 0 atom stereocenters. The highest BCUT2D eigenvalue weighted by atomic mass is 16.2. The number of carbonyl (C=O) groups is 2. The first-order valence-electron chi connectivity index (χ1n) is 9.04. The highest BCUT2D eigenvalue weighted by Gasteiger charge is 2.14. The van der Waals surface area contributed by atoms with E-state index in [-0.39, 0.29) is 18.2 Å². The molecular weight excluding hydrogens is 350 g/mol. The van der Waals surface area contributed by atoms with Crippen molar-refractivity contribution in [3.63, 3.8) is 0 Å². The van der Waals surface area contributed by atoms with Gasteiger partial charge in [0.05, 0.1) is 17.6 Å². The maximum Gasteiger partial charge on any atom is 0.251 e. The highest BCUT2D eigenvalue weighted by Crippen LogP contribution is 2.22. The third-order valence-corrected chi connectivity index (χ3v) is 4.60. The Morgan fingerprint density at radius 1 is 0.893 bits per heavy atom. The highest BCUT2D eigenvalue weighted by molar-refractivity contribution is 6.03. The maximum atomic E-state index is 12.5. The van der Waals surface area contributed by atoms with E-state index in [1.54, 1.807) is 36.4 Å². The number of fused-ring (bicyclic) bond motifs is 1. The van der Waals surface area contributed by atoms with E-state index in [4.69, 9.17) is 0 Å². The minimum Gasteiger partial charge on any atom is -0.345 e. The summed E-state index contributed by atoms with van der Waals surface area (Å²) in [5, 5.41) is 2.69. The molecular formula is C23H19N3O2. The van der Waals surface area contributed by atoms with E-state index in [1.165, 1.54) is 0 Å². The Morgan fingerprint density at radius 2 is 1.57 bits per heavy atom. The summed E-state index contributed by atoms with van der Waals surface area (Å²) in [5.74, 6) is 0.426. The maximum absolute atomic E-state index is 12.5. The largest absolute Gasteiger partial charge is 0.345 e. The zero-order valence-electron chi connectivity index (χ0n) is 15.4. The first kappa shape index (κ1) is 17.7. The lowest BCUT2D eigenvalue weighted by atomic mass is 10.1. The monoisotopic (exact) mass is 369 g/mol. The SMILES string of the molecule is Cc1nc2cc(C(=O)NCC(=O)c3ccccc3)ccc2n1-c1ccccc1. The van der Waals surface area contributed by atoms with Gasteiger partial charge in [-0.3, -0.25) is 14.2 Å². The van der Waals surface area contributed by atoms with Crippen LogP contribution >= 0.6 is 0 Å². The van der Waals surface area contributed by atoms with Crippen LogP contribution in [0, 0.1) is 6.92 Å². The van der Waals surface area contributed by atoms with Gasteiger partial charge in [-0.1, -0.05) is 48.5 Å². The van der Waals surface area contributed by atoms with E-state index in [9.17, 15) is 9.59 Å². The van der Waals surface area contributed by atoms with Crippen molar-refractivity contribution in [2.75, 3.05) is 6.54 Å². The number of aromatic nitrogens is 2. The standard InChI is InChI=1S/C23H19N3O2/c1-16-25-20-14-18(12-13-21(20)26(16)19-10-6-3-7-11-19)23(28)24-15-22(27)17-8-4-2-5-9-17/h2-14H,15H2,1H3,(H,24,28). The first-order chi connectivity index (χ1) is 13.6. The lowest BCUT2D eigenvalue weighted by molar-refractivity contribution is 0.0904. The Bertz CT molecular complexity index is 1150. The molecule has 1 heterocycles. The fourth-order valence-electron chi connectivity index (χ4n) is 3.23. The number of aryl methyl sites for hydroxylation is 1. The van der Waals surface area contributed by atoms with E-state index >= 15 is 0 Å². The molecule has 5 nitrogen and oxygen atoms in total. The van der Waals surface area contributed by atoms with Crippen LogP contribution < -0.4 is 5.32 Å². The minimum atomic E-state index is -0.293. The Morgan fingerprint density at radius 3 is 2.29 bits per heavy atom. The van der Waals surface area contributed by atoms with Crippen molar-refractivity contribution in [3.05, 3.63) is 95.8 Å². The van der Waals surface area contributed by atoms with Gasteiger partial charge in [-0.25, -0.2) is 4.98 Å². The lowest BCUT2D eigenvalue weighted by Crippen LogP contribution is -2.29. The minimum absolute atomic E-state index is 0.0433. The lowest BCUT2D eigenvalue weighted by Gasteiger charge is -2.07. The molecule has 0 spiro atoms. The van der Waals surface area contributed by atoms with Crippen molar-refractivity contribution in [2.24, 2.45) is 0 Å². The van der Waals surface area contributed by atoms with Crippen LogP contribution in [0.3, 0.4) is 0 Å². The summed E-state index contributed by atoms with van der Waals surface area (Å²) in [4.78, 5) is 29.2. The Kier molecular flexibility index (Phi) is 4.72. The molecule has 28 heavy (non-hydrogen) atoms. The number of rotatable bonds is 5. The molecule has 0 saturated heterocycles. The Labute approximate surface area is 162 Å². The summed E-state index contributed by atoms with van der Waals surface area (Å²) >= 11 is 0. The molecule has 1 aromatic heterocycles. The van der Waals surface area contributed by atoms with Crippen molar-refractivity contribution in [2.45, 2.75) is 6.92 Å². The molecule has 0 fully saturated rings. The van der Waals surface area contributed by atoms with Gasteiger partial charge in [0.15, 0.2) is 5.78 Å². The quantitative estimate of drug-likeness (QED) is 0.542. The molecule has 0 saturated carbocycles. The number of nitrogens with zero attached hydrogens (tertiary/aromatic N) is 2. The number of imidazole rings is 1. The van der Waals surface area contributed by atoms with Crippen LogP contribution in [0.1, 0.15) is 26.5 Å². The summed E-state index contributed by atoms with van der Waals surface area (Å²) in [6.45, 7) is 1.89. The normalized spacial score (nSPS) is 10.8. The summed E-state index contributed by atoms with van der Waals surface area (Å²) in [5.41, 5.74) is 3.75. The van der Waals surface area contributed by atoms with Crippen LogP contribution in [0.2, 0.25) is 0 Å². The summed E-state index contributed by atoms with van der Waals surface area (Å²) in [7, 11) is 0. The van der Waals surface area contributed by atoms with Crippen LogP contribution in [0.5, 0.6) is 0 Å². The zero-order valence-corrected chi connectivity index (χ0v) is 15.4. The predicted molar refractivity (Wildman–Crippen MR) is 109 cm³/mol. The molecule has 0 unspecified atom stereocenters. The van der Waals surface area contributed by atoms with Gasteiger partial charge in [0.2, 0.25) is 0 Å². The molecule has 5 heteroatoms. The van der Waals surface area contributed by atoms with Gasteiger partial charge >= 0.3 is 0 Å². The van der Waals surface area contributed by atoms with E-state index in [0.717, 1.165) is 22.5 Å². The average molecular weight is 369 g/mol. The molecule has 138 valence electrons. The van der Waals surface area contributed by atoms with Gasteiger partial charge in [0.1, 0.15) is 5.82 Å². The second kappa shape index (κ2) is 7.48. The summed E-state index contributed by atoms with van der Waals surface area (Å²) in [6, 6.07) is 24.3. The van der Waals surface area contributed by atoms with Gasteiger partial charge in [-0.05, 0) is 37.3 Å². The molecule has 0 aliphatic rings. The number of hydrogen-bond donors (Lipinski definition) is 1. The fourth-order valence-corrected chi connectivity index (χ4v) is 3.23. The van der Waals surface area contributed by atoms with Crippen LogP contribution in [0.4, 0.5) is 0 Å². The topological polar surface area (TPSA) is 64.0 Å². The Balaban J connectivity index is 1.55. The molecule has 3 aromatic carbocycles. The van der Waals surface area contributed by atoms with E-state index < -0.39 is 0 Å². The van der Waals surface area contributed by atoms with E-state index in [0.29, 0.717) is 11.1 Å². The van der Waals surface area contributed by atoms with Crippen LogP contribution in [0.25, 0.3) is 16.7 Å². The zero-order chi connectivity index (χ0) is 19.5. The number of para-hydroxylation sites is 1. The fraction of sp³-hybridized carbons (Fsp3) is 0.0870. The molecule has 4 rings (SSSR count). The second-order valence-corrected chi connectivity index (χ2v) is 6.51. The van der Waals surface area contributed by atoms with Crippen molar-refractivity contribution in [1.29, 1.82) is 0 Å². The smallest absolute Gasteiger partial charge is 0.251 e. The summed E-state index contributed by atoms with van der Waals surface area (Å²) in [6.07, 6.45) is 0. The number of carbonyl (C=O) groups excluding carboxylic acids is 2. The molecule has 1 N–H and O–H groups in total. The van der Waals surface area contributed by atoms with Crippen molar-refractivity contribution < 1.29 is 9.59 Å². The first-order valence-corrected chi connectivity index (χ1v) is 9.04. The van der Waals surface area contributed by atoms with E-state index in [2.05, 4.69) is 14.9 Å². The summed E-state index contributed by atoms with van der Waals surface area (Å²) < 4.78 is 2.05. The van der Waals surface area contributed by atoms with Gasteiger partial charge in [-0.15, -0.1) is 0 Å². The predicted octanol–water partition coefficient (Wildman–Crippen LogP) is 3.95. The number of amides is 1. The van der Waals surface area contributed by atoms with Gasteiger partial charge < -0.3 is 5.32 Å². The van der Waals surface area contributed by atoms with Gasteiger partial charge in [0, 0.05) is 16.8 Å². The molecule has 1 amide bonds. The van der Waals surface area contributed by atoms with Crippen LogP contribution in [-0.4, -0.2) is 27.8 Å². The number of ketones is 1. The molecule has 0 aliphatic carbocycles. The van der Waals surface area contributed by atoms with Gasteiger partial charge in [-0.2, -0.15) is 0 Å². The van der Waals surface area contributed by atoms with Crippen molar-refractivity contribution >= 4 is 22.7 Å². The van der Waals surface area contributed by atoms with Crippen LogP contribution in [-0.2, 0) is 0 Å². The average Bonchev–Trinajstić information content (AvgIpc) is 3.07. The number of nitrogens with one attached hydrogen (secondary N) is 1. The van der Waals surface area contributed by atoms with Crippen molar-refractivity contribution in [3.8, 4) is 5.69 Å². The molecule has 0 bridgehead atoms.